The van der Waals surface area contributed by atoms with Crippen LogP contribution in [0.4, 0.5) is 0 Å². The molecule has 7 atom stereocenters. The van der Waals surface area contributed by atoms with Crippen molar-refractivity contribution in [3.8, 4) is 0 Å². The molecule has 3 fully saturated rings. The lowest BCUT2D eigenvalue weighted by atomic mass is 9.46. The summed E-state index contributed by atoms with van der Waals surface area (Å²) in [5, 5.41) is 0. The monoisotopic (exact) mass is 410 g/mol. The highest BCUT2D eigenvalue weighted by atomic mass is 16.1. The molecule has 0 heterocycles. The Morgan fingerprint density at radius 1 is 1.10 bits per heavy atom. The number of allylic oxidation sites excluding steroid dienone is 2. The highest BCUT2D eigenvalue weighted by molar-refractivity contribution is 6.05. The number of hydrogen-bond acceptors (Lipinski definition) is 2. The van der Waals surface area contributed by atoms with Crippen LogP contribution >= 0.6 is 0 Å². The molecule has 0 unspecified atom stereocenters. The second kappa shape index (κ2) is 7.75. The fraction of sp³-hybridized carbons (Fsp3) is 0.786. The molecule has 0 N–H and O–H groups in total. The number of fused-ring (bicyclic) bond motifs is 5. The first-order chi connectivity index (χ1) is 14.1. The summed E-state index contributed by atoms with van der Waals surface area (Å²) >= 11 is 0. The van der Waals surface area contributed by atoms with Gasteiger partial charge in [-0.1, -0.05) is 46.8 Å². The zero-order valence-corrected chi connectivity index (χ0v) is 19.9. The summed E-state index contributed by atoms with van der Waals surface area (Å²) in [5.74, 6) is 4.31. The first kappa shape index (κ1) is 22.0. The van der Waals surface area contributed by atoms with Crippen molar-refractivity contribution in [2.45, 2.75) is 92.4 Å². The van der Waals surface area contributed by atoms with E-state index in [0.717, 1.165) is 30.3 Å². The maximum Gasteiger partial charge on any atom is 0.159 e. The number of ketones is 2. The van der Waals surface area contributed by atoms with Crippen LogP contribution in [0.1, 0.15) is 92.4 Å². The summed E-state index contributed by atoms with van der Waals surface area (Å²) in [5.41, 5.74) is 2.58. The van der Waals surface area contributed by atoms with Crippen molar-refractivity contribution in [1.29, 1.82) is 0 Å². The lowest BCUT2D eigenvalue weighted by Crippen LogP contribution is -2.53. The minimum absolute atomic E-state index is 0.0616. The van der Waals surface area contributed by atoms with E-state index < -0.39 is 0 Å². The van der Waals surface area contributed by atoms with Gasteiger partial charge in [0.15, 0.2) is 11.6 Å². The Labute approximate surface area is 184 Å². The lowest BCUT2D eigenvalue weighted by Gasteiger charge is -2.57. The van der Waals surface area contributed by atoms with Crippen molar-refractivity contribution in [2.24, 2.45) is 46.3 Å². The van der Waals surface area contributed by atoms with Gasteiger partial charge in [-0.25, -0.2) is 0 Å². The van der Waals surface area contributed by atoms with Crippen LogP contribution in [-0.4, -0.2) is 11.6 Å². The number of hydrogen-bond donors (Lipinski definition) is 0. The molecule has 0 bridgehead atoms. The molecule has 0 saturated heterocycles. The second-order valence-electron chi connectivity index (χ2n) is 12.0. The molecule has 2 nitrogen and oxygen atoms in total. The van der Waals surface area contributed by atoms with Crippen LogP contribution in [0.5, 0.6) is 0 Å². The summed E-state index contributed by atoms with van der Waals surface area (Å²) in [6.45, 7) is 16.1. The standard InChI is InChI=1S/C28H42O2/c1-17(2)18(3)7-8-19(4)22-9-10-23-21-16-26(30)25-15-20(29)11-13-28(25,6)24(21)12-14-27(22,23)5/h15,17,19,21-24H,3,7-14,16H2,1-2,4-6H3/t19-,21+,22-,23+,24+,27-,28-/m1/s1. The van der Waals surface area contributed by atoms with Gasteiger partial charge in [-0.3, -0.25) is 9.59 Å². The van der Waals surface area contributed by atoms with Crippen LogP contribution in [0.3, 0.4) is 0 Å². The van der Waals surface area contributed by atoms with E-state index in [4.69, 9.17) is 0 Å². The molecule has 0 spiro atoms. The summed E-state index contributed by atoms with van der Waals surface area (Å²) in [4.78, 5) is 25.2. The Bertz CT molecular complexity index is 774. The van der Waals surface area contributed by atoms with Gasteiger partial charge in [-0.05, 0) is 97.4 Å². The highest BCUT2D eigenvalue weighted by Gasteiger charge is 2.60. The largest absolute Gasteiger partial charge is 0.295 e. The Hall–Kier alpha value is -1.18. The fourth-order valence-corrected chi connectivity index (χ4v) is 8.27. The predicted octanol–water partition coefficient (Wildman–Crippen LogP) is 6.94. The summed E-state index contributed by atoms with van der Waals surface area (Å²) in [6.07, 6.45) is 11.5. The van der Waals surface area contributed by atoms with Gasteiger partial charge in [0.2, 0.25) is 0 Å². The van der Waals surface area contributed by atoms with Crippen molar-refractivity contribution >= 4 is 11.6 Å². The van der Waals surface area contributed by atoms with Crippen LogP contribution in [-0.2, 0) is 9.59 Å². The quantitative estimate of drug-likeness (QED) is 0.460. The molecule has 4 aliphatic rings. The first-order valence-corrected chi connectivity index (χ1v) is 12.5. The van der Waals surface area contributed by atoms with Crippen LogP contribution in [0.2, 0.25) is 0 Å². The first-order valence-electron chi connectivity index (χ1n) is 12.5. The van der Waals surface area contributed by atoms with Gasteiger partial charge in [-0.15, -0.1) is 0 Å². The average molecular weight is 411 g/mol. The molecular formula is C28H42O2. The van der Waals surface area contributed by atoms with Gasteiger partial charge in [0.05, 0.1) is 0 Å². The van der Waals surface area contributed by atoms with E-state index in [1.807, 2.05) is 0 Å². The van der Waals surface area contributed by atoms with E-state index >= 15 is 0 Å². The molecule has 3 saturated carbocycles. The van der Waals surface area contributed by atoms with E-state index in [1.165, 1.54) is 37.7 Å². The lowest BCUT2D eigenvalue weighted by molar-refractivity contribution is -0.131. The predicted molar refractivity (Wildman–Crippen MR) is 123 cm³/mol. The van der Waals surface area contributed by atoms with Crippen molar-refractivity contribution in [3.05, 3.63) is 23.8 Å². The molecule has 4 rings (SSSR count). The minimum Gasteiger partial charge on any atom is -0.295 e. The smallest absolute Gasteiger partial charge is 0.159 e. The Morgan fingerprint density at radius 3 is 2.53 bits per heavy atom. The van der Waals surface area contributed by atoms with Gasteiger partial charge in [-0.2, -0.15) is 0 Å². The topological polar surface area (TPSA) is 34.1 Å². The zero-order valence-electron chi connectivity index (χ0n) is 19.9. The second-order valence-corrected chi connectivity index (χ2v) is 12.0. The van der Waals surface area contributed by atoms with Gasteiger partial charge in [0, 0.05) is 18.4 Å². The number of carbonyl (C=O) groups excluding carboxylic acids is 2. The third kappa shape index (κ3) is 3.37. The Balaban J connectivity index is 1.54. The SMILES string of the molecule is C=C(CC[C@@H](C)[C@H]1CC[C@H]2[C@@H]3CC(=O)C4=CC(=O)CC[C@]4(C)[C@H]3CC[C@]12C)C(C)C. The van der Waals surface area contributed by atoms with Crippen LogP contribution in [0.25, 0.3) is 0 Å². The minimum atomic E-state index is -0.0616. The van der Waals surface area contributed by atoms with E-state index in [-0.39, 0.29) is 17.0 Å². The van der Waals surface area contributed by atoms with E-state index in [1.54, 1.807) is 6.08 Å². The van der Waals surface area contributed by atoms with E-state index in [2.05, 4.69) is 41.2 Å². The zero-order chi connectivity index (χ0) is 21.8. The third-order valence-electron chi connectivity index (χ3n) is 10.3. The van der Waals surface area contributed by atoms with Crippen LogP contribution < -0.4 is 0 Å². The van der Waals surface area contributed by atoms with Crippen LogP contribution in [0.15, 0.2) is 23.8 Å². The van der Waals surface area contributed by atoms with Crippen molar-refractivity contribution < 1.29 is 9.59 Å². The van der Waals surface area contributed by atoms with Gasteiger partial charge in [0.25, 0.3) is 0 Å². The van der Waals surface area contributed by atoms with Gasteiger partial charge >= 0.3 is 0 Å². The molecule has 0 radical (unpaired) electrons. The maximum absolute atomic E-state index is 13.2. The summed E-state index contributed by atoms with van der Waals surface area (Å²) in [7, 11) is 0. The number of carbonyl (C=O) groups is 2. The van der Waals surface area contributed by atoms with E-state index in [9.17, 15) is 9.59 Å². The molecule has 0 aliphatic heterocycles. The average Bonchev–Trinajstić information content (AvgIpc) is 3.04. The molecule has 30 heavy (non-hydrogen) atoms. The number of Topliss-reactive ketones (excluding diaryl/α,β-unsaturated/α-hetero) is 1. The fourth-order valence-electron chi connectivity index (χ4n) is 8.27. The van der Waals surface area contributed by atoms with Gasteiger partial charge in [0.1, 0.15) is 0 Å². The molecular weight excluding hydrogens is 368 g/mol. The van der Waals surface area contributed by atoms with Crippen molar-refractivity contribution in [2.75, 3.05) is 0 Å². The van der Waals surface area contributed by atoms with E-state index in [0.29, 0.717) is 41.9 Å². The van der Waals surface area contributed by atoms with Crippen molar-refractivity contribution in [1.82, 2.24) is 0 Å². The molecule has 0 aromatic carbocycles. The van der Waals surface area contributed by atoms with Crippen LogP contribution in [0, 0.1) is 46.3 Å². The third-order valence-corrected chi connectivity index (χ3v) is 10.3. The molecule has 0 aromatic heterocycles. The maximum atomic E-state index is 13.2. The molecule has 4 aliphatic carbocycles. The normalized spacial score (nSPS) is 41.7. The Morgan fingerprint density at radius 2 is 1.83 bits per heavy atom. The van der Waals surface area contributed by atoms with Crippen molar-refractivity contribution in [3.63, 3.8) is 0 Å². The molecule has 0 amide bonds. The molecule has 2 heteroatoms. The highest BCUT2D eigenvalue weighted by Crippen LogP contribution is 2.67. The molecule has 166 valence electrons. The summed E-state index contributed by atoms with van der Waals surface area (Å²) in [6, 6.07) is 0. The van der Waals surface area contributed by atoms with Gasteiger partial charge < -0.3 is 0 Å². The Kier molecular flexibility index (Phi) is 5.69. The number of rotatable bonds is 5. The molecule has 0 aromatic rings. The summed E-state index contributed by atoms with van der Waals surface area (Å²) < 4.78 is 0.